The summed E-state index contributed by atoms with van der Waals surface area (Å²) in [5, 5.41) is 19.6. The molecule has 15 heavy (non-hydrogen) atoms. The summed E-state index contributed by atoms with van der Waals surface area (Å²) in [5.74, 6) is -0.282. The van der Waals surface area contributed by atoms with Crippen LogP contribution in [-0.4, -0.2) is 11.9 Å². The molecule has 6 heteroatoms. The maximum Gasteiger partial charge on any atom is 0.199 e. The molecule has 0 radical (unpaired) electrons. The zero-order chi connectivity index (χ0) is 11.4. The SMILES string of the molecule is Cc1cc(Br)ccc1NC(=N)NC(=N)N. The Labute approximate surface area is 96.2 Å². The van der Waals surface area contributed by atoms with E-state index in [2.05, 4.69) is 26.6 Å². The van der Waals surface area contributed by atoms with Crippen LogP contribution in [0.15, 0.2) is 22.7 Å². The van der Waals surface area contributed by atoms with Gasteiger partial charge in [-0.15, -0.1) is 0 Å². The predicted molar refractivity (Wildman–Crippen MR) is 65.3 cm³/mol. The average molecular weight is 270 g/mol. The number of anilines is 1. The topological polar surface area (TPSA) is 97.8 Å². The van der Waals surface area contributed by atoms with Crippen LogP contribution in [0.1, 0.15) is 5.56 Å². The van der Waals surface area contributed by atoms with Gasteiger partial charge < -0.3 is 11.1 Å². The van der Waals surface area contributed by atoms with E-state index >= 15 is 0 Å². The quantitative estimate of drug-likeness (QED) is 0.396. The number of hydrogen-bond acceptors (Lipinski definition) is 2. The molecule has 0 unspecified atom stereocenters. The van der Waals surface area contributed by atoms with Crippen molar-refractivity contribution in [2.45, 2.75) is 6.92 Å². The van der Waals surface area contributed by atoms with Crippen LogP contribution in [0.4, 0.5) is 5.69 Å². The van der Waals surface area contributed by atoms with E-state index in [-0.39, 0.29) is 11.9 Å². The Kier molecular flexibility index (Phi) is 3.68. The van der Waals surface area contributed by atoms with Crippen LogP contribution in [0.25, 0.3) is 0 Å². The Balaban J connectivity index is 2.72. The van der Waals surface area contributed by atoms with Crippen LogP contribution in [0, 0.1) is 17.7 Å². The molecule has 0 aliphatic heterocycles. The second kappa shape index (κ2) is 4.79. The van der Waals surface area contributed by atoms with Crippen molar-refractivity contribution in [1.82, 2.24) is 5.32 Å². The van der Waals surface area contributed by atoms with Crippen molar-refractivity contribution in [3.8, 4) is 0 Å². The van der Waals surface area contributed by atoms with Gasteiger partial charge in [-0.05, 0) is 30.7 Å². The minimum absolute atomic E-state index is 0.0204. The lowest BCUT2D eigenvalue weighted by Gasteiger charge is -2.11. The Morgan fingerprint density at radius 2 is 2.07 bits per heavy atom. The van der Waals surface area contributed by atoms with Gasteiger partial charge in [-0.25, -0.2) is 0 Å². The molecular formula is C9H12BrN5. The number of rotatable bonds is 1. The molecule has 0 aliphatic carbocycles. The van der Waals surface area contributed by atoms with Gasteiger partial charge >= 0.3 is 0 Å². The first kappa shape index (κ1) is 11.5. The molecule has 1 rings (SSSR count). The Bertz CT molecular complexity index is 401. The maximum absolute atomic E-state index is 7.45. The van der Waals surface area contributed by atoms with Gasteiger partial charge in [-0.2, -0.15) is 0 Å². The highest BCUT2D eigenvalue weighted by Gasteiger charge is 2.01. The zero-order valence-corrected chi connectivity index (χ0v) is 9.77. The van der Waals surface area contributed by atoms with Crippen molar-refractivity contribution in [3.05, 3.63) is 28.2 Å². The number of guanidine groups is 2. The van der Waals surface area contributed by atoms with Crippen LogP contribution in [0.5, 0.6) is 0 Å². The number of aryl methyl sites for hydroxylation is 1. The monoisotopic (exact) mass is 269 g/mol. The Morgan fingerprint density at radius 1 is 1.40 bits per heavy atom. The highest BCUT2D eigenvalue weighted by atomic mass is 79.9. The number of nitrogens with one attached hydrogen (secondary N) is 4. The lowest BCUT2D eigenvalue weighted by molar-refractivity contribution is 1.20. The highest BCUT2D eigenvalue weighted by Crippen LogP contribution is 2.19. The lowest BCUT2D eigenvalue weighted by atomic mass is 10.2. The van der Waals surface area contributed by atoms with Crippen molar-refractivity contribution in [2.75, 3.05) is 5.32 Å². The minimum atomic E-state index is -0.262. The number of hydrogen-bond donors (Lipinski definition) is 5. The highest BCUT2D eigenvalue weighted by molar-refractivity contribution is 9.10. The molecule has 0 heterocycles. The number of benzene rings is 1. The van der Waals surface area contributed by atoms with E-state index in [1.807, 2.05) is 25.1 Å². The molecule has 0 fully saturated rings. The van der Waals surface area contributed by atoms with Crippen LogP contribution in [0.3, 0.4) is 0 Å². The van der Waals surface area contributed by atoms with E-state index in [4.69, 9.17) is 16.6 Å². The van der Waals surface area contributed by atoms with E-state index in [9.17, 15) is 0 Å². The first-order chi connectivity index (χ1) is 6.99. The van der Waals surface area contributed by atoms with Crippen LogP contribution >= 0.6 is 15.9 Å². The number of nitrogens with two attached hydrogens (primary N) is 1. The normalized spacial score (nSPS) is 9.47. The molecule has 6 N–H and O–H groups in total. The van der Waals surface area contributed by atoms with Crippen LogP contribution < -0.4 is 16.4 Å². The third-order valence-corrected chi connectivity index (χ3v) is 2.20. The molecule has 1 aromatic carbocycles. The zero-order valence-electron chi connectivity index (χ0n) is 8.19. The number of halogens is 1. The van der Waals surface area contributed by atoms with E-state index in [1.165, 1.54) is 0 Å². The van der Waals surface area contributed by atoms with Crippen molar-refractivity contribution in [1.29, 1.82) is 10.8 Å². The fraction of sp³-hybridized carbons (Fsp3) is 0.111. The second-order valence-electron chi connectivity index (χ2n) is 3.00. The Morgan fingerprint density at radius 3 is 2.60 bits per heavy atom. The average Bonchev–Trinajstić information content (AvgIpc) is 2.08. The summed E-state index contributed by atoms with van der Waals surface area (Å²) in [6, 6.07) is 5.65. The van der Waals surface area contributed by atoms with Gasteiger partial charge in [0.2, 0.25) is 0 Å². The molecule has 0 atom stereocenters. The standard InChI is InChI=1S/C9H12BrN5/c1-5-4-6(10)2-3-7(5)14-9(13)15-8(11)12/h2-4H,1H3,(H6,11,12,13,14,15). The van der Waals surface area contributed by atoms with Gasteiger partial charge in [0, 0.05) is 10.2 Å². The smallest absolute Gasteiger partial charge is 0.199 e. The molecule has 0 spiro atoms. The summed E-state index contributed by atoms with van der Waals surface area (Å²) >= 11 is 3.35. The molecule has 0 saturated carbocycles. The van der Waals surface area contributed by atoms with Crippen LogP contribution in [0.2, 0.25) is 0 Å². The summed E-state index contributed by atoms with van der Waals surface area (Å²) in [5.41, 5.74) is 6.90. The van der Waals surface area contributed by atoms with E-state index in [0.29, 0.717) is 0 Å². The molecular weight excluding hydrogens is 258 g/mol. The molecule has 0 aromatic heterocycles. The fourth-order valence-corrected chi connectivity index (χ4v) is 1.54. The molecule has 1 aromatic rings. The van der Waals surface area contributed by atoms with E-state index in [1.54, 1.807) is 0 Å². The van der Waals surface area contributed by atoms with Gasteiger partial charge in [-0.3, -0.25) is 16.1 Å². The maximum atomic E-state index is 7.45. The molecule has 0 aliphatic rings. The van der Waals surface area contributed by atoms with Crippen molar-refractivity contribution in [2.24, 2.45) is 5.73 Å². The van der Waals surface area contributed by atoms with Gasteiger partial charge in [0.25, 0.3) is 0 Å². The van der Waals surface area contributed by atoms with Crippen molar-refractivity contribution < 1.29 is 0 Å². The summed E-state index contributed by atoms with van der Waals surface area (Å²) in [7, 11) is 0. The lowest BCUT2D eigenvalue weighted by Crippen LogP contribution is -2.39. The van der Waals surface area contributed by atoms with Crippen molar-refractivity contribution in [3.63, 3.8) is 0 Å². The first-order valence-electron chi connectivity index (χ1n) is 4.22. The molecule has 0 amide bonds. The van der Waals surface area contributed by atoms with E-state index < -0.39 is 0 Å². The van der Waals surface area contributed by atoms with Gasteiger partial charge in [0.15, 0.2) is 11.9 Å². The third-order valence-electron chi connectivity index (χ3n) is 1.71. The molecule has 80 valence electrons. The van der Waals surface area contributed by atoms with Gasteiger partial charge in [0.1, 0.15) is 0 Å². The van der Waals surface area contributed by atoms with E-state index in [0.717, 1.165) is 15.7 Å². The third kappa shape index (κ3) is 3.59. The van der Waals surface area contributed by atoms with Gasteiger partial charge in [0.05, 0.1) is 0 Å². The van der Waals surface area contributed by atoms with Crippen LogP contribution in [-0.2, 0) is 0 Å². The summed E-state index contributed by atoms with van der Waals surface area (Å²) in [4.78, 5) is 0. The Hall–Kier alpha value is -1.56. The molecule has 5 nitrogen and oxygen atoms in total. The summed E-state index contributed by atoms with van der Waals surface area (Å²) < 4.78 is 0.983. The summed E-state index contributed by atoms with van der Waals surface area (Å²) in [6.07, 6.45) is 0. The predicted octanol–water partition coefficient (Wildman–Crippen LogP) is 1.59. The second-order valence-corrected chi connectivity index (χ2v) is 3.91. The molecule has 0 bridgehead atoms. The fourth-order valence-electron chi connectivity index (χ4n) is 1.07. The summed E-state index contributed by atoms with van der Waals surface area (Å²) in [6.45, 7) is 1.92. The largest absolute Gasteiger partial charge is 0.370 e. The first-order valence-corrected chi connectivity index (χ1v) is 5.01. The minimum Gasteiger partial charge on any atom is -0.370 e. The van der Waals surface area contributed by atoms with Crippen molar-refractivity contribution >= 4 is 33.5 Å². The molecule has 0 saturated heterocycles. The van der Waals surface area contributed by atoms with Gasteiger partial charge in [-0.1, -0.05) is 15.9 Å².